The third-order valence-electron chi connectivity index (χ3n) is 0.677. The molecule has 0 spiro atoms. The van der Waals surface area contributed by atoms with Crippen LogP contribution in [0, 0.1) is 6.85 Å². The van der Waals surface area contributed by atoms with Gasteiger partial charge in [-0.05, 0) is 12.9 Å². The van der Waals surface area contributed by atoms with Crippen LogP contribution in [0.4, 0.5) is 5.82 Å². The number of aromatic nitrogens is 2. The lowest BCUT2D eigenvalue weighted by Crippen LogP contribution is -1.92. The molecule has 0 aliphatic carbocycles. The van der Waals surface area contributed by atoms with Crippen LogP contribution < -0.4 is 5.73 Å². The third kappa shape index (κ3) is 0.932. The minimum absolute atomic E-state index is 0.172. The second kappa shape index (κ2) is 1.78. The van der Waals surface area contributed by atoms with Crippen molar-refractivity contribution in [1.82, 2.24) is 9.97 Å². The van der Waals surface area contributed by atoms with Gasteiger partial charge in [0.05, 0.1) is 0 Å². The Kier molecular flexibility index (Phi) is 0.541. The van der Waals surface area contributed by atoms with E-state index in [-0.39, 0.29) is 11.6 Å². The number of nitrogens with zero attached hydrogens (tertiary/aromatic N) is 2. The van der Waals surface area contributed by atoms with Gasteiger partial charge in [-0.3, -0.25) is 0 Å². The zero-order chi connectivity index (χ0) is 8.48. The minimum atomic E-state index is -2.27. The minimum Gasteiger partial charge on any atom is -0.384 e. The van der Waals surface area contributed by atoms with Crippen LogP contribution in [0.5, 0.6) is 0 Å². The predicted molar refractivity (Wildman–Crippen MR) is 31.2 cm³/mol. The molecular formula is C5H7N3. The van der Waals surface area contributed by atoms with Gasteiger partial charge in [-0.25, -0.2) is 9.97 Å². The Morgan fingerprint density at radius 3 is 3.25 bits per heavy atom. The lowest BCUT2D eigenvalue weighted by atomic mass is 10.6. The molecule has 0 aliphatic heterocycles. The van der Waals surface area contributed by atoms with E-state index in [0.29, 0.717) is 0 Å². The van der Waals surface area contributed by atoms with Crippen LogP contribution in [-0.4, -0.2) is 9.97 Å². The summed E-state index contributed by atoms with van der Waals surface area (Å²) < 4.78 is 20.8. The molecule has 1 aromatic rings. The normalized spacial score (nSPS) is 16.2. The average molecular weight is 113 g/mol. The van der Waals surface area contributed by atoms with Crippen molar-refractivity contribution in [3.8, 4) is 0 Å². The molecule has 42 valence electrons. The third-order valence-corrected chi connectivity index (χ3v) is 0.677. The van der Waals surface area contributed by atoms with E-state index in [1.54, 1.807) is 0 Å². The van der Waals surface area contributed by atoms with Crippen LogP contribution in [-0.2, 0) is 0 Å². The first-order valence-electron chi connectivity index (χ1n) is 3.59. The zero-order valence-electron chi connectivity index (χ0n) is 7.13. The largest absolute Gasteiger partial charge is 0.384 e. The van der Waals surface area contributed by atoms with Gasteiger partial charge in [0, 0.05) is 10.3 Å². The summed E-state index contributed by atoms with van der Waals surface area (Å²) in [4.78, 5) is 7.11. The van der Waals surface area contributed by atoms with Crippen LogP contribution >= 0.6 is 0 Å². The highest BCUT2D eigenvalue weighted by molar-refractivity contribution is 5.24. The van der Waals surface area contributed by atoms with Gasteiger partial charge in [0.1, 0.15) is 11.6 Å². The van der Waals surface area contributed by atoms with E-state index in [1.165, 1.54) is 12.3 Å². The van der Waals surface area contributed by atoms with Gasteiger partial charge >= 0.3 is 0 Å². The maximum Gasteiger partial charge on any atom is 0.127 e. The quantitative estimate of drug-likeness (QED) is 0.494. The number of nitrogen functional groups attached to an aromatic ring is 1. The van der Waals surface area contributed by atoms with Crippen molar-refractivity contribution in [3.63, 3.8) is 0 Å². The van der Waals surface area contributed by atoms with Crippen molar-refractivity contribution in [3.05, 3.63) is 18.1 Å². The first-order valence-corrected chi connectivity index (χ1v) is 2.09. The van der Waals surface area contributed by atoms with Crippen LogP contribution in [0.15, 0.2) is 12.3 Å². The summed E-state index contributed by atoms with van der Waals surface area (Å²) in [6, 6.07) is 1.44. The van der Waals surface area contributed by atoms with Crippen LogP contribution in [0.1, 0.15) is 9.94 Å². The molecule has 1 rings (SSSR count). The summed E-state index contributed by atoms with van der Waals surface area (Å²) in [5, 5.41) is 0. The molecule has 3 nitrogen and oxygen atoms in total. The lowest BCUT2D eigenvalue weighted by molar-refractivity contribution is 1.06. The molecule has 0 saturated carbocycles. The molecule has 0 bridgehead atoms. The van der Waals surface area contributed by atoms with Crippen LogP contribution in [0.3, 0.4) is 0 Å². The fraction of sp³-hybridized carbons (Fsp3) is 0.200. The van der Waals surface area contributed by atoms with Crippen molar-refractivity contribution >= 4 is 5.82 Å². The van der Waals surface area contributed by atoms with Crippen molar-refractivity contribution in [2.75, 3.05) is 5.73 Å². The van der Waals surface area contributed by atoms with Crippen LogP contribution in [0.25, 0.3) is 0 Å². The monoisotopic (exact) mass is 113 g/mol. The van der Waals surface area contributed by atoms with Crippen molar-refractivity contribution in [2.24, 2.45) is 0 Å². The van der Waals surface area contributed by atoms with Gasteiger partial charge in [0.2, 0.25) is 0 Å². The van der Waals surface area contributed by atoms with Gasteiger partial charge < -0.3 is 5.73 Å². The fourth-order valence-corrected chi connectivity index (χ4v) is 0.373. The van der Waals surface area contributed by atoms with E-state index in [1.807, 2.05) is 0 Å². The van der Waals surface area contributed by atoms with E-state index in [2.05, 4.69) is 9.97 Å². The lowest BCUT2D eigenvalue weighted by Gasteiger charge is -1.89. The highest BCUT2D eigenvalue weighted by atomic mass is 14.9. The fourth-order valence-electron chi connectivity index (χ4n) is 0.373. The van der Waals surface area contributed by atoms with Gasteiger partial charge in [-0.1, -0.05) is 0 Å². The van der Waals surface area contributed by atoms with E-state index >= 15 is 0 Å². The average Bonchev–Trinajstić information content (AvgIpc) is 1.86. The maximum atomic E-state index is 6.92. The first kappa shape index (κ1) is 2.44. The Morgan fingerprint density at radius 1 is 1.88 bits per heavy atom. The zero-order valence-corrected chi connectivity index (χ0v) is 4.13. The Hall–Kier alpha value is -1.12. The van der Waals surface area contributed by atoms with Gasteiger partial charge in [0.25, 0.3) is 0 Å². The Morgan fingerprint density at radius 2 is 2.75 bits per heavy atom. The molecule has 1 aromatic heterocycles. The topological polar surface area (TPSA) is 51.8 Å². The number of nitrogens with two attached hydrogens (primary N) is 1. The molecule has 0 radical (unpaired) electrons. The number of hydrogen-bond donors (Lipinski definition) is 1. The predicted octanol–water partition coefficient (Wildman–Crippen LogP) is 0.367. The van der Waals surface area contributed by atoms with Crippen LogP contribution in [0.2, 0.25) is 0 Å². The molecule has 0 unspecified atom stereocenters. The summed E-state index contributed by atoms with van der Waals surface area (Å²) in [6.45, 7) is -2.27. The number of hydrogen-bond acceptors (Lipinski definition) is 3. The molecule has 3 heteroatoms. The van der Waals surface area contributed by atoms with E-state index in [0.717, 1.165) is 0 Å². The number of anilines is 1. The van der Waals surface area contributed by atoms with Crippen molar-refractivity contribution in [2.45, 2.75) is 6.85 Å². The second-order valence-corrected chi connectivity index (χ2v) is 1.31. The smallest absolute Gasteiger partial charge is 0.127 e. The Bertz CT molecular complexity index is 257. The molecule has 8 heavy (non-hydrogen) atoms. The summed E-state index contributed by atoms with van der Waals surface area (Å²) in [5.74, 6) is -0.0383. The molecule has 1 heterocycles. The molecule has 0 aliphatic rings. The summed E-state index contributed by atoms with van der Waals surface area (Å²) in [6.07, 6.45) is 1.32. The molecule has 0 fully saturated rings. The van der Waals surface area contributed by atoms with Gasteiger partial charge in [0.15, 0.2) is 0 Å². The molecular weight excluding hydrogens is 103 g/mol. The first-order chi connectivity index (χ1) is 5.00. The summed E-state index contributed by atoms with van der Waals surface area (Å²) in [7, 11) is 0. The summed E-state index contributed by atoms with van der Waals surface area (Å²) >= 11 is 0. The summed E-state index contributed by atoms with van der Waals surface area (Å²) in [5.41, 5.74) is 5.25. The standard InChI is InChI=1S/C5H7N3/c1-4-7-3-2-5(6)8-4/h2-3H,1H3,(H2,6,7,8)/i1+1D3. The second-order valence-electron chi connectivity index (χ2n) is 1.31. The molecule has 0 aromatic carbocycles. The van der Waals surface area contributed by atoms with E-state index < -0.39 is 6.85 Å². The van der Waals surface area contributed by atoms with Gasteiger partial charge in [-0.2, -0.15) is 0 Å². The molecule has 2 N–H and O–H groups in total. The van der Waals surface area contributed by atoms with Crippen molar-refractivity contribution in [1.29, 1.82) is 0 Å². The highest BCUT2D eigenvalue weighted by Gasteiger charge is 1.83. The maximum absolute atomic E-state index is 6.92. The highest BCUT2D eigenvalue weighted by Crippen LogP contribution is 1.92. The Balaban J connectivity index is 3.06. The van der Waals surface area contributed by atoms with E-state index in [4.69, 9.17) is 9.85 Å². The Labute approximate surface area is 51.8 Å². The number of aryl methyl sites for hydroxylation is 1. The van der Waals surface area contributed by atoms with E-state index in [9.17, 15) is 0 Å². The van der Waals surface area contributed by atoms with Crippen molar-refractivity contribution < 1.29 is 4.11 Å². The SMILES string of the molecule is [2H][13C]([2H])([2H])c1nccc(N)n1. The molecule has 0 saturated heterocycles. The molecule has 0 atom stereocenters. The number of rotatable bonds is 0. The molecule has 0 amide bonds. The van der Waals surface area contributed by atoms with Gasteiger partial charge in [-0.15, -0.1) is 0 Å².